The fourth-order valence-electron chi connectivity index (χ4n) is 2.65. The highest BCUT2D eigenvalue weighted by atomic mass is 16.7. The van der Waals surface area contributed by atoms with Crippen molar-refractivity contribution >= 4 is 0 Å². The minimum atomic E-state index is -0.278. The number of hydrogen-bond donors (Lipinski definition) is 0. The van der Waals surface area contributed by atoms with E-state index < -0.39 is 0 Å². The second kappa shape index (κ2) is 6.99. The van der Waals surface area contributed by atoms with E-state index in [1.165, 1.54) is 10.6 Å². The molecule has 0 N–H and O–H groups in total. The van der Waals surface area contributed by atoms with Crippen molar-refractivity contribution in [2.75, 3.05) is 7.05 Å². The standard InChI is InChI=1S/C17H27N3O2/c1-17(2,3)19(4)20(21)18-22-16-12-10-15(11-13-16)14-8-6-5-7-9-14/h5-9,15-16H,10-13H2,1-4H3/b20-18-. The third-order valence-corrected chi connectivity index (χ3v) is 4.44. The molecule has 0 atom stereocenters. The molecule has 0 unspecified atom stereocenters. The maximum absolute atomic E-state index is 11.9. The van der Waals surface area contributed by atoms with Crippen LogP contribution in [0.25, 0.3) is 0 Å². The molecule has 0 heterocycles. The Morgan fingerprint density at radius 3 is 2.27 bits per heavy atom. The van der Waals surface area contributed by atoms with Crippen LogP contribution in [0.5, 0.6) is 0 Å². The van der Waals surface area contributed by atoms with Crippen molar-refractivity contribution in [2.24, 2.45) is 5.28 Å². The first-order valence-corrected chi connectivity index (χ1v) is 8.00. The first kappa shape index (κ1) is 16.6. The van der Waals surface area contributed by atoms with Gasteiger partial charge < -0.3 is 10.0 Å². The highest BCUT2D eigenvalue weighted by Crippen LogP contribution is 2.33. The van der Waals surface area contributed by atoms with Gasteiger partial charge in [-0.25, -0.2) is 0 Å². The Morgan fingerprint density at radius 1 is 1.14 bits per heavy atom. The molecule has 1 saturated carbocycles. The lowest BCUT2D eigenvalue weighted by Gasteiger charge is -2.28. The summed E-state index contributed by atoms with van der Waals surface area (Å²) in [6.07, 6.45) is 4.09. The summed E-state index contributed by atoms with van der Waals surface area (Å²) in [4.78, 5) is 5.99. The van der Waals surface area contributed by atoms with Crippen LogP contribution in [0.15, 0.2) is 35.6 Å². The lowest BCUT2D eigenvalue weighted by Crippen LogP contribution is -2.42. The number of hydrazine groups is 1. The van der Waals surface area contributed by atoms with E-state index in [4.69, 9.17) is 4.84 Å². The van der Waals surface area contributed by atoms with Crippen LogP contribution in [-0.4, -0.2) is 28.7 Å². The highest BCUT2D eigenvalue weighted by molar-refractivity contribution is 5.19. The highest BCUT2D eigenvalue weighted by Gasteiger charge is 2.26. The number of benzene rings is 1. The monoisotopic (exact) mass is 305 g/mol. The van der Waals surface area contributed by atoms with Crippen molar-refractivity contribution in [1.82, 2.24) is 5.01 Å². The smallest absolute Gasteiger partial charge is 0.233 e. The van der Waals surface area contributed by atoms with Crippen molar-refractivity contribution in [2.45, 2.75) is 64.0 Å². The number of nitrogens with zero attached hydrogens (tertiary/aromatic N) is 3. The average Bonchev–Trinajstić information content (AvgIpc) is 2.52. The molecule has 5 nitrogen and oxygen atoms in total. The molecule has 1 aliphatic rings. The molecule has 1 aromatic carbocycles. The van der Waals surface area contributed by atoms with E-state index in [1.54, 1.807) is 7.05 Å². The van der Waals surface area contributed by atoms with Gasteiger partial charge in [0.1, 0.15) is 6.10 Å². The molecule has 122 valence electrons. The second-order valence-electron chi connectivity index (χ2n) is 7.02. The Bertz CT molecular complexity index is 488. The molecular weight excluding hydrogens is 278 g/mol. The summed E-state index contributed by atoms with van der Waals surface area (Å²) in [7, 11) is 1.71. The molecule has 0 aliphatic heterocycles. The maximum atomic E-state index is 11.9. The van der Waals surface area contributed by atoms with Gasteiger partial charge in [-0.3, -0.25) is 0 Å². The normalized spacial score (nSPS) is 23.2. The molecule has 1 aliphatic carbocycles. The van der Waals surface area contributed by atoms with Gasteiger partial charge in [0.05, 0.1) is 17.6 Å². The summed E-state index contributed by atoms with van der Waals surface area (Å²) < 4.78 is 0. The van der Waals surface area contributed by atoms with E-state index in [-0.39, 0.29) is 11.6 Å². The summed E-state index contributed by atoms with van der Waals surface area (Å²) in [6, 6.07) is 10.6. The zero-order valence-electron chi connectivity index (χ0n) is 14.0. The summed E-state index contributed by atoms with van der Waals surface area (Å²) in [6.45, 7) is 5.87. The molecule has 0 radical (unpaired) electrons. The van der Waals surface area contributed by atoms with Crippen molar-refractivity contribution in [3.05, 3.63) is 41.1 Å². The van der Waals surface area contributed by atoms with Crippen LogP contribution in [0, 0.1) is 5.21 Å². The molecule has 0 aromatic heterocycles. The van der Waals surface area contributed by atoms with Gasteiger partial charge in [0.15, 0.2) is 0 Å². The van der Waals surface area contributed by atoms with E-state index in [0.29, 0.717) is 10.9 Å². The predicted molar refractivity (Wildman–Crippen MR) is 86.1 cm³/mol. The fourth-order valence-corrected chi connectivity index (χ4v) is 2.65. The Labute approximate surface area is 133 Å². The molecule has 2 rings (SSSR count). The lowest BCUT2D eigenvalue weighted by atomic mass is 9.83. The van der Waals surface area contributed by atoms with Gasteiger partial charge in [0.25, 0.3) is 0 Å². The van der Waals surface area contributed by atoms with Gasteiger partial charge in [-0.05, 0) is 57.9 Å². The van der Waals surface area contributed by atoms with Crippen LogP contribution in [0.2, 0.25) is 0 Å². The Balaban J connectivity index is 1.83. The molecule has 0 saturated heterocycles. The van der Waals surface area contributed by atoms with Crippen LogP contribution >= 0.6 is 0 Å². The van der Waals surface area contributed by atoms with Gasteiger partial charge in [0.2, 0.25) is 5.28 Å². The van der Waals surface area contributed by atoms with E-state index in [1.807, 2.05) is 26.8 Å². The van der Waals surface area contributed by atoms with Crippen LogP contribution in [0.4, 0.5) is 0 Å². The molecule has 22 heavy (non-hydrogen) atoms. The minimum absolute atomic E-state index is 0.0461. The molecule has 0 spiro atoms. The van der Waals surface area contributed by atoms with Gasteiger partial charge >= 0.3 is 0 Å². The van der Waals surface area contributed by atoms with E-state index in [9.17, 15) is 5.21 Å². The van der Waals surface area contributed by atoms with Crippen molar-refractivity contribution in [3.63, 3.8) is 0 Å². The van der Waals surface area contributed by atoms with Gasteiger partial charge in [-0.15, -0.1) is 5.01 Å². The Hall–Kier alpha value is -1.78. The van der Waals surface area contributed by atoms with E-state index >= 15 is 0 Å². The minimum Gasteiger partial charge on any atom is -0.569 e. The van der Waals surface area contributed by atoms with Crippen molar-refractivity contribution in [1.29, 1.82) is 0 Å². The van der Waals surface area contributed by atoms with Gasteiger partial charge in [-0.2, -0.15) is 0 Å². The maximum Gasteiger partial charge on any atom is 0.233 e. The molecule has 1 fully saturated rings. The average molecular weight is 305 g/mol. The lowest BCUT2D eigenvalue weighted by molar-refractivity contribution is -0.720. The molecule has 1 aromatic rings. The van der Waals surface area contributed by atoms with Crippen molar-refractivity contribution < 1.29 is 9.81 Å². The third kappa shape index (κ3) is 4.36. The largest absolute Gasteiger partial charge is 0.569 e. The summed E-state index contributed by atoms with van der Waals surface area (Å²) in [5.74, 6) is 0.599. The van der Waals surface area contributed by atoms with Gasteiger partial charge in [0, 0.05) is 0 Å². The van der Waals surface area contributed by atoms with Crippen LogP contribution in [0.1, 0.15) is 57.9 Å². The molecular formula is C17H27N3O2. The van der Waals surface area contributed by atoms with Crippen LogP contribution in [0.3, 0.4) is 0 Å². The zero-order valence-corrected chi connectivity index (χ0v) is 14.0. The third-order valence-electron chi connectivity index (χ3n) is 4.44. The zero-order chi connectivity index (χ0) is 16.2. The second-order valence-corrected chi connectivity index (χ2v) is 7.02. The fraction of sp³-hybridized carbons (Fsp3) is 0.647. The van der Waals surface area contributed by atoms with Gasteiger partial charge in [-0.1, -0.05) is 30.3 Å². The number of rotatable bonds is 4. The summed E-state index contributed by atoms with van der Waals surface area (Å²) in [5.41, 5.74) is 1.12. The molecule has 0 amide bonds. The van der Waals surface area contributed by atoms with Crippen molar-refractivity contribution in [3.8, 4) is 0 Å². The van der Waals surface area contributed by atoms with Crippen LogP contribution in [-0.2, 0) is 4.84 Å². The topological polar surface area (TPSA) is 50.9 Å². The predicted octanol–water partition coefficient (Wildman–Crippen LogP) is 4.25. The SMILES string of the molecule is CN(/[N+]([O-])=N/OC1CCC(c2ccccc2)CC1)C(C)(C)C. The quantitative estimate of drug-likeness (QED) is 0.474. The first-order valence-electron chi connectivity index (χ1n) is 8.00. The molecule has 5 heteroatoms. The molecule has 0 bridgehead atoms. The summed E-state index contributed by atoms with van der Waals surface area (Å²) in [5, 5.41) is 17.1. The number of hydrogen-bond acceptors (Lipinski definition) is 3. The van der Waals surface area contributed by atoms with E-state index in [2.05, 4.69) is 29.5 Å². The summed E-state index contributed by atoms with van der Waals surface area (Å²) >= 11 is 0. The van der Waals surface area contributed by atoms with E-state index in [0.717, 1.165) is 25.7 Å². The Morgan fingerprint density at radius 2 is 1.73 bits per heavy atom. The Kier molecular flexibility index (Phi) is 5.27. The van der Waals surface area contributed by atoms with Crippen LogP contribution < -0.4 is 0 Å². The first-order chi connectivity index (χ1) is 10.4.